The average molecular weight is 351 g/mol. The van der Waals surface area contributed by atoms with Crippen molar-refractivity contribution in [3.8, 4) is 0 Å². The third-order valence-corrected chi connectivity index (χ3v) is 3.89. The minimum absolute atomic E-state index is 0.0784. The molecule has 25 heavy (non-hydrogen) atoms. The minimum Gasteiger partial charge on any atom is -0.353 e. The van der Waals surface area contributed by atoms with E-state index in [1.54, 1.807) is 6.20 Å². The molecule has 0 aromatic carbocycles. The van der Waals surface area contributed by atoms with Crippen molar-refractivity contribution in [3.63, 3.8) is 0 Å². The largest absolute Gasteiger partial charge is 0.433 e. The molecule has 1 amide bonds. The van der Waals surface area contributed by atoms with Gasteiger partial charge < -0.3 is 9.80 Å². The first kappa shape index (κ1) is 17.1. The monoisotopic (exact) mass is 351 g/mol. The number of carbonyl (C=O) groups is 1. The lowest BCUT2D eigenvalue weighted by atomic mass is 10.2. The quantitative estimate of drug-likeness (QED) is 0.830. The molecule has 0 unspecified atom stereocenters. The van der Waals surface area contributed by atoms with Crippen LogP contribution >= 0.6 is 0 Å². The van der Waals surface area contributed by atoms with E-state index in [9.17, 15) is 18.0 Å². The highest BCUT2D eigenvalue weighted by Crippen LogP contribution is 2.28. The van der Waals surface area contributed by atoms with E-state index >= 15 is 0 Å². The number of nitrogens with zero attached hydrogens (tertiary/aromatic N) is 5. The molecule has 3 rings (SSSR count). The predicted octanol–water partition coefficient (Wildman–Crippen LogP) is 2.16. The summed E-state index contributed by atoms with van der Waals surface area (Å²) in [5, 5.41) is 0. The number of aryl methyl sites for hydroxylation is 1. The zero-order valence-electron chi connectivity index (χ0n) is 13.5. The average Bonchev–Trinajstić information content (AvgIpc) is 2.61. The van der Waals surface area contributed by atoms with E-state index in [-0.39, 0.29) is 11.5 Å². The fourth-order valence-electron chi connectivity index (χ4n) is 2.66. The van der Waals surface area contributed by atoms with Gasteiger partial charge in [-0.25, -0.2) is 15.0 Å². The Morgan fingerprint density at radius 2 is 1.84 bits per heavy atom. The first-order valence-corrected chi connectivity index (χ1v) is 7.73. The molecule has 0 saturated carbocycles. The highest BCUT2D eigenvalue weighted by Gasteiger charge is 2.34. The Morgan fingerprint density at radius 1 is 1.12 bits per heavy atom. The highest BCUT2D eigenvalue weighted by molar-refractivity contribution is 5.92. The smallest absolute Gasteiger partial charge is 0.353 e. The maximum Gasteiger partial charge on any atom is 0.433 e. The van der Waals surface area contributed by atoms with Crippen molar-refractivity contribution >= 4 is 11.7 Å². The van der Waals surface area contributed by atoms with Gasteiger partial charge in [-0.2, -0.15) is 13.2 Å². The summed E-state index contributed by atoms with van der Waals surface area (Å²) in [6.45, 7) is 3.22. The van der Waals surface area contributed by atoms with E-state index in [0.717, 1.165) is 5.82 Å². The number of alkyl halides is 3. The van der Waals surface area contributed by atoms with Gasteiger partial charge in [-0.15, -0.1) is 0 Å². The second-order valence-corrected chi connectivity index (χ2v) is 5.65. The standard InChI is InChI=1S/C16H16F3N5O/c1-11-21-12(10-13(22-11)16(17,18)19)15(25)24-8-6-23(7-9-24)14-4-2-3-5-20-14/h2-5,10H,6-9H2,1H3. The molecule has 0 aliphatic carbocycles. The summed E-state index contributed by atoms with van der Waals surface area (Å²) >= 11 is 0. The Balaban J connectivity index is 1.72. The zero-order valence-corrected chi connectivity index (χ0v) is 13.5. The molecule has 6 nitrogen and oxygen atoms in total. The van der Waals surface area contributed by atoms with E-state index in [1.807, 2.05) is 23.1 Å². The van der Waals surface area contributed by atoms with E-state index in [2.05, 4.69) is 15.0 Å². The van der Waals surface area contributed by atoms with Gasteiger partial charge in [0, 0.05) is 38.4 Å². The summed E-state index contributed by atoms with van der Waals surface area (Å²) in [7, 11) is 0. The maximum atomic E-state index is 12.9. The minimum atomic E-state index is -4.61. The summed E-state index contributed by atoms with van der Waals surface area (Å²) in [5.74, 6) is 0.216. The van der Waals surface area contributed by atoms with Crippen LogP contribution in [0.15, 0.2) is 30.5 Å². The van der Waals surface area contributed by atoms with Crippen LogP contribution in [0.4, 0.5) is 19.0 Å². The number of anilines is 1. The van der Waals surface area contributed by atoms with Crippen LogP contribution in [-0.4, -0.2) is 51.9 Å². The Bertz CT molecular complexity index is 758. The predicted molar refractivity (Wildman–Crippen MR) is 84.1 cm³/mol. The Kier molecular flexibility index (Phi) is 4.56. The number of halogens is 3. The second-order valence-electron chi connectivity index (χ2n) is 5.65. The first-order chi connectivity index (χ1) is 11.8. The molecular weight excluding hydrogens is 335 g/mol. The molecule has 1 saturated heterocycles. The van der Waals surface area contributed by atoms with Gasteiger partial charge in [0.1, 0.15) is 23.0 Å². The van der Waals surface area contributed by atoms with Crippen LogP contribution in [0.2, 0.25) is 0 Å². The molecule has 1 aliphatic rings. The molecule has 2 aromatic rings. The van der Waals surface area contributed by atoms with Gasteiger partial charge in [0.2, 0.25) is 0 Å². The van der Waals surface area contributed by atoms with E-state index in [4.69, 9.17) is 0 Å². The number of rotatable bonds is 2. The molecule has 1 aliphatic heterocycles. The van der Waals surface area contributed by atoms with Crippen LogP contribution in [0.25, 0.3) is 0 Å². The lowest BCUT2D eigenvalue weighted by molar-refractivity contribution is -0.141. The van der Waals surface area contributed by atoms with Crippen molar-refractivity contribution in [3.05, 3.63) is 47.7 Å². The summed E-state index contributed by atoms with van der Waals surface area (Å²) in [5.41, 5.74) is -1.33. The molecular formula is C16H16F3N5O. The number of carbonyl (C=O) groups excluding carboxylic acids is 1. The number of aromatic nitrogens is 3. The Labute approximate surface area is 142 Å². The fraction of sp³-hybridized carbons (Fsp3) is 0.375. The summed E-state index contributed by atoms with van der Waals surface area (Å²) in [6.07, 6.45) is -2.92. The van der Waals surface area contributed by atoms with Gasteiger partial charge in [0.15, 0.2) is 0 Å². The third kappa shape index (κ3) is 3.86. The van der Waals surface area contributed by atoms with Crippen LogP contribution in [0.5, 0.6) is 0 Å². The molecule has 0 atom stereocenters. The van der Waals surface area contributed by atoms with Crippen LogP contribution in [0.1, 0.15) is 22.0 Å². The van der Waals surface area contributed by atoms with Crippen molar-refractivity contribution in [2.45, 2.75) is 13.1 Å². The molecule has 132 valence electrons. The van der Waals surface area contributed by atoms with Gasteiger partial charge in [-0.05, 0) is 19.1 Å². The molecule has 2 aromatic heterocycles. The van der Waals surface area contributed by atoms with Crippen molar-refractivity contribution in [2.75, 3.05) is 31.1 Å². The van der Waals surface area contributed by atoms with Crippen molar-refractivity contribution in [1.82, 2.24) is 19.9 Å². The van der Waals surface area contributed by atoms with Gasteiger partial charge in [-0.1, -0.05) is 6.07 Å². The first-order valence-electron chi connectivity index (χ1n) is 7.73. The zero-order chi connectivity index (χ0) is 18.0. The number of piperazine rings is 1. The number of hydrogen-bond acceptors (Lipinski definition) is 5. The fourth-order valence-corrected chi connectivity index (χ4v) is 2.66. The molecule has 0 bridgehead atoms. The lowest BCUT2D eigenvalue weighted by Crippen LogP contribution is -2.49. The number of pyridine rings is 1. The highest BCUT2D eigenvalue weighted by atomic mass is 19.4. The molecule has 1 fully saturated rings. The van der Waals surface area contributed by atoms with Crippen molar-refractivity contribution in [2.24, 2.45) is 0 Å². The maximum absolute atomic E-state index is 12.9. The summed E-state index contributed by atoms with van der Waals surface area (Å²) in [4.78, 5) is 27.5. The molecule has 0 spiro atoms. The molecule has 3 heterocycles. The summed E-state index contributed by atoms with van der Waals surface area (Å²) in [6, 6.07) is 6.28. The Morgan fingerprint density at radius 3 is 2.44 bits per heavy atom. The molecule has 0 N–H and O–H groups in total. The normalized spacial score (nSPS) is 15.4. The summed E-state index contributed by atoms with van der Waals surface area (Å²) < 4.78 is 38.6. The second kappa shape index (κ2) is 6.66. The molecule has 0 radical (unpaired) electrons. The lowest BCUT2D eigenvalue weighted by Gasteiger charge is -2.35. The number of hydrogen-bond donors (Lipinski definition) is 0. The van der Waals surface area contributed by atoms with Crippen molar-refractivity contribution < 1.29 is 18.0 Å². The van der Waals surface area contributed by atoms with Gasteiger partial charge >= 0.3 is 6.18 Å². The number of amides is 1. The van der Waals surface area contributed by atoms with Crippen molar-refractivity contribution in [1.29, 1.82) is 0 Å². The third-order valence-electron chi connectivity index (χ3n) is 3.89. The SMILES string of the molecule is Cc1nc(C(=O)N2CCN(c3ccccn3)CC2)cc(C(F)(F)F)n1. The van der Waals surface area contributed by atoms with Gasteiger partial charge in [0.05, 0.1) is 0 Å². The van der Waals surface area contributed by atoms with Crippen LogP contribution in [0, 0.1) is 6.92 Å². The van der Waals surface area contributed by atoms with E-state index < -0.39 is 17.8 Å². The van der Waals surface area contributed by atoms with Gasteiger partial charge in [-0.3, -0.25) is 4.79 Å². The molecule has 9 heteroatoms. The van der Waals surface area contributed by atoms with Gasteiger partial charge in [0.25, 0.3) is 5.91 Å². The van der Waals surface area contributed by atoms with Crippen LogP contribution in [-0.2, 0) is 6.18 Å². The van der Waals surface area contributed by atoms with Crippen LogP contribution in [0.3, 0.4) is 0 Å². The topological polar surface area (TPSA) is 62.2 Å². The van der Waals surface area contributed by atoms with E-state index in [1.165, 1.54) is 11.8 Å². The Hall–Kier alpha value is -2.71. The van der Waals surface area contributed by atoms with E-state index in [0.29, 0.717) is 32.2 Å². The van der Waals surface area contributed by atoms with Crippen LogP contribution < -0.4 is 4.90 Å².